The van der Waals surface area contributed by atoms with Gasteiger partial charge in [-0.1, -0.05) is 36.8 Å². The van der Waals surface area contributed by atoms with E-state index in [0.717, 1.165) is 30.6 Å². The quantitative estimate of drug-likeness (QED) is 0.638. The molecule has 3 rings (SSSR count). The van der Waals surface area contributed by atoms with Crippen LogP contribution in [0.1, 0.15) is 31.2 Å². The van der Waals surface area contributed by atoms with Crippen molar-refractivity contribution in [3.05, 3.63) is 60.2 Å². The Hall–Kier alpha value is -2.38. The monoisotopic (exact) mass is 416 g/mol. The molecule has 2 aromatic carbocycles. The lowest BCUT2D eigenvalue weighted by Crippen LogP contribution is -2.35. The van der Waals surface area contributed by atoms with Crippen LogP contribution in [0.25, 0.3) is 0 Å². The second-order valence-corrected chi connectivity index (χ2v) is 9.09. The maximum absolute atomic E-state index is 12.7. The zero-order valence-electron chi connectivity index (χ0n) is 16.5. The molecule has 29 heavy (non-hydrogen) atoms. The van der Waals surface area contributed by atoms with Crippen LogP contribution in [-0.2, 0) is 21.2 Å². The molecule has 0 bridgehead atoms. The fourth-order valence-corrected chi connectivity index (χ4v) is 4.81. The second-order valence-electron chi connectivity index (χ2n) is 7.15. The van der Waals surface area contributed by atoms with Gasteiger partial charge in [-0.05, 0) is 49.1 Å². The Balaban J connectivity index is 1.41. The van der Waals surface area contributed by atoms with Gasteiger partial charge < -0.3 is 10.1 Å². The third-order valence-electron chi connectivity index (χ3n) is 4.90. The molecule has 1 aliphatic heterocycles. The van der Waals surface area contributed by atoms with Gasteiger partial charge in [-0.2, -0.15) is 4.31 Å². The Labute approximate surface area is 172 Å². The minimum absolute atomic E-state index is 0.0867. The number of amides is 1. The first kappa shape index (κ1) is 21.3. The Kier molecular flexibility index (Phi) is 7.66. The number of sulfonamides is 1. The van der Waals surface area contributed by atoms with E-state index in [9.17, 15) is 13.2 Å². The smallest absolute Gasteiger partial charge is 0.243 e. The predicted molar refractivity (Wildman–Crippen MR) is 112 cm³/mol. The molecule has 7 heteroatoms. The molecule has 1 amide bonds. The summed E-state index contributed by atoms with van der Waals surface area (Å²) in [6, 6.07) is 16.2. The van der Waals surface area contributed by atoms with Crippen LogP contribution in [0.15, 0.2) is 59.5 Å². The zero-order chi connectivity index (χ0) is 20.5. The highest BCUT2D eigenvalue weighted by atomic mass is 32.2. The highest BCUT2D eigenvalue weighted by molar-refractivity contribution is 7.89. The topological polar surface area (TPSA) is 75.7 Å². The summed E-state index contributed by atoms with van der Waals surface area (Å²) in [4.78, 5) is 12.4. The van der Waals surface area contributed by atoms with Crippen LogP contribution in [0.4, 0.5) is 0 Å². The van der Waals surface area contributed by atoms with E-state index in [1.165, 1.54) is 0 Å². The minimum atomic E-state index is -3.43. The molecule has 1 heterocycles. The van der Waals surface area contributed by atoms with Crippen molar-refractivity contribution in [3.63, 3.8) is 0 Å². The van der Waals surface area contributed by atoms with Crippen molar-refractivity contribution in [1.29, 1.82) is 0 Å². The summed E-state index contributed by atoms with van der Waals surface area (Å²) in [5, 5.41) is 2.87. The molecule has 6 nitrogen and oxygen atoms in total. The minimum Gasteiger partial charge on any atom is -0.494 e. The first-order valence-corrected chi connectivity index (χ1v) is 11.5. The summed E-state index contributed by atoms with van der Waals surface area (Å²) in [6.45, 7) is 2.24. The van der Waals surface area contributed by atoms with Crippen LogP contribution in [0.5, 0.6) is 5.75 Å². The largest absolute Gasteiger partial charge is 0.494 e. The molecule has 1 saturated heterocycles. The summed E-state index contributed by atoms with van der Waals surface area (Å²) in [5.41, 5.74) is 0.792. The Morgan fingerprint density at radius 2 is 1.66 bits per heavy atom. The zero-order valence-corrected chi connectivity index (χ0v) is 17.4. The Morgan fingerprint density at radius 3 is 2.34 bits per heavy atom. The van der Waals surface area contributed by atoms with Crippen LogP contribution in [-0.4, -0.2) is 44.9 Å². The molecule has 0 aliphatic carbocycles. The van der Waals surface area contributed by atoms with Crippen LogP contribution < -0.4 is 10.1 Å². The maximum Gasteiger partial charge on any atom is 0.243 e. The standard InChI is InChI=1S/C22H28N2O4S/c25-22(23-14-7-17-28-20-8-3-1-4-9-20)18-19-10-12-21(13-11-19)29(26,27)24-15-5-2-6-16-24/h1,3-4,8-13H,2,5-7,14-18H2,(H,23,25). The lowest BCUT2D eigenvalue weighted by molar-refractivity contribution is -0.120. The SMILES string of the molecule is O=C(Cc1ccc(S(=O)(=O)N2CCCCC2)cc1)NCCCOc1ccccc1. The summed E-state index contributed by atoms with van der Waals surface area (Å²) >= 11 is 0. The maximum atomic E-state index is 12.7. The van der Waals surface area contributed by atoms with Crippen LogP contribution in [0, 0.1) is 0 Å². The van der Waals surface area contributed by atoms with Gasteiger partial charge in [0.15, 0.2) is 0 Å². The molecule has 1 N–H and O–H groups in total. The number of hydrogen-bond acceptors (Lipinski definition) is 4. The molecule has 0 spiro atoms. The molecule has 0 saturated carbocycles. The first-order valence-electron chi connectivity index (χ1n) is 10.1. The summed E-state index contributed by atoms with van der Waals surface area (Å²) in [7, 11) is -3.43. The fraction of sp³-hybridized carbons (Fsp3) is 0.409. The third kappa shape index (κ3) is 6.30. The number of ether oxygens (including phenoxy) is 1. The molecule has 0 aromatic heterocycles. The van der Waals surface area contributed by atoms with E-state index in [0.29, 0.717) is 37.6 Å². The normalized spacial score (nSPS) is 15.0. The van der Waals surface area contributed by atoms with E-state index >= 15 is 0 Å². The number of benzene rings is 2. The third-order valence-corrected chi connectivity index (χ3v) is 6.81. The number of piperidine rings is 1. The molecule has 0 atom stereocenters. The van der Waals surface area contributed by atoms with Gasteiger partial charge in [-0.15, -0.1) is 0 Å². The van der Waals surface area contributed by atoms with E-state index in [4.69, 9.17) is 4.74 Å². The van der Waals surface area contributed by atoms with Crippen molar-refractivity contribution in [2.75, 3.05) is 26.2 Å². The van der Waals surface area contributed by atoms with Gasteiger partial charge in [0.25, 0.3) is 0 Å². The highest BCUT2D eigenvalue weighted by Crippen LogP contribution is 2.21. The van der Waals surface area contributed by atoms with Crippen molar-refractivity contribution in [3.8, 4) is 5.75 Å². The van der Waals surface area contributed by atoms with Gasteiger partial charge >= 0.3 is 0 Å². The molecule has 1 aliphatic rings. The summed E-state index contributed by atoms with van der Waals surface area (Å²) in [6.07, 6.45) is 3.84. The second kappa shape index (κ2) is 10.4. The predicted octanol–water partition coefficient (Wildman–Crippen LogP) is 2.99. The lowest BCUT2D eigenvalue weighted by Gasteiger charge is -2.25. The van der Waals surface area contributed by atoms with Gasteiger partial charge in [-0.25, -0.2) is 8.42 Å². The van der Waals surface area contributed by atoms with Crippen molar-refractivity contribution in [2.24, 2.45) is 0 Å². The number of rotatable bonds is 9. The molecular weight excluding hydrogens is 388 g/mol. The number of nitrogens with one attached hydrogen (secondary N) is 1. The highest BCUT2D eigenvalue weighted by Gasteiger charge is 2.25. The number of carbonyl (C=O) groups excluding carboxylic acids is 1. The van der Waals surface area contributed by atoms with Gasteiger partial charge in [0.05, 0.1) is 17.9 Å². The van der Waals surface area contributed by atoms with Crippen molar-refractivity contribution in [1.82, 2.24) is 9.62 Å². The van der Waals surface area contributed by atoms with Crippen molar-refractivity contribution >= 4 is 15.9 Å². The number of para-hydroxylation sites is 1. The van der Waals surface area contributed by atoms with E-state index < -0.39 is 10.0 Å². The van der Waals surface area contributed by atoms with Crippen molar-refractivity contribution in [2.45, 2.75) is 37.0 Å². The average Bonchev–Trinajstić information content (AvgIpc) is 2.75. The lowest BCUT2D eigenvalue weighted by atomic mass is 10.1. The molecule has 1 fully saturated rings. The van der Waals surface area contributed by atoms with Crippen LogP contribution in [0.2, 0.25) is 0 Å². The fourth-order valence-electron chi connectivity index (χ4n) is 3.29. The molecular formula is C22H28N2O4S. The molecule has 0 unspecified atom stereocenters. The molecule has 2 aromatic rings. The van der Waals surface area contributed by atoms with E-state index in [-0.39, 0.29) is 12.3 Å². The first-order chi connectivity index (χ1) is 14.1. The summed E-state index contributed by atoms with van der Waals surface area (Å²) < 4.78 is 32.5. The van der Waals surface area contributed by atoms with Gasteiger partial charge in [0.1, 0.15) is 5.75 Å². The Morgan fingerprint density at radius 1 is 0.966 bits per heavy atom. The number of nitrogens with zero attached hydrogens (tertiary/aromatic N) is 1. The Bertz CT molecular complexity index is 877. The van der Waals surface area contributed by atoms with Crippen LogP contribution in [0.3, 0.4) is 0 Å². The number of hydrogen-bond donors (Lipinski definition) is 1. The number of carbonyl (C=O) groups is 1. The van der Waals surface area contributed by atoms with E-state index in [1.807, 2.05) is 30.3 Å². The molecule has 0 radical (unpaired) electrons. The van der Waals surface area contributed by atoms with E-state index in [1.54, 1.807) is 28.6 Å². The van der Waals surface area contributed by atoms with E-state index in [2.05, 4.69) is 5.32 Å². The van der Waals surface area contributed by atoms with Crippen molar-refractivity contribution < 1.29 is 17.9 Å². The average molecular weight is 417 g/mol. The summed E-state index contributed by atoms with van der Waals surface area (Å²) in [5.74, 6) is 0.731. The molecule has 156 valence electrons. The van der Waals surface area contributed by atoms with Gasteiger partial charge in [-0.3, -0.25) is 4.79 Å². The van der Waals surface area contributed by atoms with Crippen LogP contribution >= 0.6 is 0 Å². The van der Waals surface area contributed by atoms with Gasteiger partial charge in [0, 0.05) is 19.6 Å². The van der Waals surface area contributed by atoms with Gasteiger partial charge in [0.2, 0.25) is 15.9 Å².